The molecule has 0 unspecified atom stereocenters. The number of nitrogens with zero attached hydrogens (tertiary/aromatic N) is 1. The Balaban J connectivity index is 1.71. The molecular weight excluding hydrogens is 250 g/mol. The van der Waals surface area contributed by atoms with Gasteiger partial charge in [0.2, 0.25) is 5.91 Å². The number of benzene rings is 1. The third-order valence-electron chi connectivity index (χ3n) is 4.08. The number of ether oxygens (including phenoxy) is 1. The van der Waals surface area contributed by atoms with E-state index in [9.17, 15) is 4.79 Å². The van der Waals surface area contributed by atoms with E-state index in [4.69, 9.17) is 4.74 Å². The zero-order chi connectivity index (χ0) is 14.2. The van der Waals surface area contributed by atoms with E-state index in [1.807, 2.05) is 43.0 Å². The first-order valence-electron chi connectivity index (χ1n) is 7.64. The number of fused-ring (bicyclic) bond motifs is 1. The van der Waals surface area contributed by atoms with Crippen molar-refractivity contribution >= 4 is 11.6 Å². The highest BCUT2D eigenvalue weighted by atomic mass is 16.5. The van der Waals surface area contributed by atoms with Crippen molar-refractivity contribution < 1.29 is 9.53 Å². The zero-order valence-corrected chi connectivity index (χ0v) is 12.4. The molecule has 108 valence electrons. The SMILES string of the molecule is CC1(C)CN(C(=O)CCCC2CC2)c2ccccc2O1. The lowest BCUT2D eigenvalue weighted by atomic mass is 10.0. The molecule has 0 spiro atoms. The molecule has 20 heavy (non-hydrogen) atoms. The van der Waals surface area contributed by atoms with Gasteiger partial charge < -0.3 is 9.64 Å². The summed E-state index contributed by atoms with van der Waals surface area (Å²) in [5.74, 6) is 1.95. The first-order valence-corrected chi connectivity index (χ1v) is 7.64. The normalized spacial score (nSPS) is 20.2. The summed E-state index contributed by atoms with van der Waals surface area (Å²) in [5.41, 5.74) is 0.601. The Morgan fingerprint density at radius 3 is 2.85 bits per heavy atom. The number of para-hydroxylation sites is 2. The second-order valence-corrected chi connectivity index (χ2v) is 6.64. The van der Waals surface area contributed by atoms with Crippen molar-refractivity contribution in [3.05, 3.63) is 24.3 Å². The van der Waals surface area contributed by atoms with Crippen molar-refractivity contribution in [3.8, 4) is 5.75 Å². The highest BCUT2D eigenvalue weighted by Gasteiger charge is 2.34. The number of amides is 1. The molecule has 1 heterocycles. The summed E-state index contributed by atoms with van der Waals surface area (Å²) in [6, 6.07) is 7.84. The quantitative estimate of drug-likeness (QED) is 0.835. The molecule has 0 saturated heterocycles. The predicted molar refractivity (Wildman–Crippen MR) is 80.1 cm³/mol. The molecule has 3 rings (SSSR count). The standard InChI is InChI=1S/C17H23NO2/c1-17(2)12-18(14-7-3-4-8-15(14)20-17)16(19)9-5-6-13-10-11-13/h3-4,7-8,13H,5-6,9-12H2,1-2H3. The number of anilines is 1. The molecule has 1 aromatic carbocycles. The monoisotopic (exact) mass is 273 g/mol. The third-order valence-corrected chi connectivity index (χ3v) is 4.08. The fourth-order valence-corrected chi connectivity index (χ4v) is 2.87. The molecule has 1 aromatic rings. The molecule has 0 aromatic heterocycles. The van der Waals surface area contributed by atoms with Crippen LogP contribution in [0.2, 0.25) is 0 Å². The third kappa shape index (κ3) is 2.97. The molecule has 3 heteroatoms. The van der Waals surface area contributed by atoms with Crippen LogP contribution < -0.4 is 9.64 Å². The minimum atomic E-state index is -0.319. The first kappa shape index (κ1) is 13.5. The van der Waals surface area contributed by atoms with Gasteiger partial charge in [0, 0.05) is 6.42 Å². The van der Waals surface area contributed by atoms with E-state index in [0.717, 1.165) is 23.8 Å². The Kier molecular flexibility index (Phi) is 3.45. The smallest absolute Gasteiger partial charge is 0.227 e. The topological polar surface area (TPSA) is 29.5 Å². The van der Waals surface area contributed by atoms with Gasteiger partial charge in [-0.3, -0.25) is 4.79 Å². The molecule has 1 aliphatic heterocycles. The molecule has 1 fully saturated rings. The molecule has 0 radical (unpaired) electrons. The summed E-state index contributed by atoms with van der Waals surface area (Å²) in [6.07, 6.45) is 5.61. The summed E-state index contributed by atoms with van der Waals surface area (Å²) < 4.78 is 5.96. The summed E-state index contributed by atoms with van der Waals surface area (Å²) >= 11 is 0. The number of hydrogen-bond donors (Lipinski definition) is 0. The van der Waals surface area contributed by atoms with Crippen LogP contribution in [0.3, 0.4) is 0 Å². The largest absolute Gasteiger partial charge is 0.484 e. The van der Waals surface area contributed by atoms with Crippen molar-refractivity contribution in [1.82, 2.24) is 0 Å². The Morgan fingerprint density at radius 1 is 1.35 bits per heavy atom. The van der Waals surface area contributed by atoms with Crippen molar-refractivity contribution in [2.45, 2.75) is 51.6 Å². The highest BCUT2D eigenvalue weighted by molar-refractivity contribution is 5.95. The fraction of sp³-hybridized carbons (Fsp3) is 0.588. The second-order valence-electron chi connectivity index (χ2n) is 6.64. The first-order chi connectivity index (χ1) is 9.55. The summed E-state index contributed by atoms with van der Waals surface area (Å²) in [7, 11) is 0. The Labute approximate surface area is 120 Å². The van der Waals surface area contributed by atoms with Crippen LogP contribution in [-0.2, 0) is 4.79 Å². The number of carbonyl (C=O) groups is 1. The highest BCUT2D eigenvalue weighted by Crippen LogP contribution is 2.38. The van der Waals surface area contributed by atoms with Crippen LogP contribution in [0.1, 0.15) is 46.0 Å². The Morgan fingerprint density at radius 2 is 2.10 bits per heavy atom. The van der Waals surface area contributed by atoms with Gasteiger partial charge in [0.25, 0.3) is 0 Å². The number of carbonyl (C=O) groups excluding carboxylic acids is 1. The lowest BCUT2D eigenvalue weighted by Crippen LogP contribution is -2.49. The van der Waals surface area contributed by atoms with Gasteiger partial charge in [-0.25, -0.2) is 0 Å². The van der Waals surface area contributed by atoms with Gasteiger partial charge in [-0.05, 0) is 44.7 Å². The lowest BCUT2D eigenvalue weighted by Gasteiger charge is -2.39. The minimum Gasteiger partial charge on any atom is -0.484 e. The van der Waals surface area contributed by atoms with Gasteiger partial charge in [-0.15, -0.1) is 0 Å². The second kappa shape index (κ2) is 5.12. The molecule has 0 atom stereocenters. The van der Waals surface area contributed by atoms with Gasteiger partial charge in [-0.2, -0.15) is 0 Å². The van der Waals surface area contributed by atoms with Crippen molar-refractivity contribution in [3.63, 3.8) is 0 Å². The summed E-state index contributed by atoms with van der Waals surface area (Å²) in [4.78, 5) is 14.4. The van der Waals surface area contributed by atoms with Gasteiger partial charge in [0.05, 0.1) is 12.2 Å². The van der Waals surface area contributed by atoms with Crippen molar-refractivity contribution in [2.24, 2.45) is 5.92 Å². The fourth-order valence-electron chi connectivity index (χ4n) is 2.87. The molecular formula is C17H23NO2. The average molecular weight is 273 g/mol. The maximum atomic E-state index is 12.5. The van der Waals surface area contributed by atoms with Gasteiger partial charge in [0.1, 0.15) is 11.4 Å². The molecule has 0 N–H and O–H groups in total. The maximum Gasteiger partial charge on any atom is 0.227 e. The van der Waals surface area contributed by atoms with E-state index in [2.05, 4.69) is 0 Å². The van der Waals surface area contributed by atoms with Crippen LogP contribution in [0.5, 0.6) is 5.75 Å². The van der Waals surface area contributed by atoms with Crippen LogP contribution in [0.15, 0.2) is 24.3 Å². The van der Waals surface area contributed by atoms with E-state index in [1.165, 1.54) is 19.3 Å². The van der Waals surface area contributed by atoms with Crippen LogP contribution in [-0.4, -0.2) is 18.1 Å². The van der Waals surface area contributed by atoms with Crippen molar-refractivity contribution in [2.75, 3.05) is 11.4 Å². The number of rotatable bonds is 4. The Hall–Kier alpha value is -1.51. The van der Waals surface area contributed by atoms with E-state index in [0.29, 0.717) is 13.0 Å². The van der Waals surface area contributed by atoms with E-state index >= 15 is 0 Å². The zero-order valence-electron chi connectivity index (χ0n) is 12.4. The molecule has 1 saturated carbocycles. The van der Waals surface area contributed by atoms with Gasteiger partial charge in [-0.1, -0.05) is 25.0 Å². The minimum absolute atomic E-state index is 0.231. The van der Waals surface area contributed by atoms with E-state index in [-0.39, 0.29) is 11.5 Å². The van der Waals surface area contributed by atoms with Crippen LogP contribution in [0.25, 0.3) is 0 Å². The van der Waals surface area contributed by atoms with Gasteiger partial charge >= 0.3 is 0 Å². The summed E-state index contributed by atoms with van der Waals surface area (Å²) in [6.45, 7) is 4.70. The molecule has 2 aliphatic rings. The molecule has 0 bridgehead atoms. The molecule has 1 aliphatic carbocycles. The van der Waals surface area contributed by atoms with Gasteiger partial charge in [0.15, 0.2) is 0 Å². The van der Waals surface area contributed by atoms with E-state index in [1.54, 1.807) is 0 Å². The van der Waals surface area contributed by atoms with Crippen LogP contribution in [0.4, 0.5) is 5.69 Å². The lowest BCUT2D eigenvalue weighted by molar-refractivity contribution is -0.119. The maximum absolute atomic E-state index is 12.5. The van der Waals surface area contributed by atoms with E-state index < -0.39 is 0 Å². The molecule has 3 nitrogen and oxygen atoms in total. The average Bonchev–Trinajstić information content (AvgIpc) is 3.20. The Bertz CT molecular complexity index is 505. The predicted octanol–water partition coefficient (Wildman–Crippen LogP) is 3.77. The van der Waals surface area contributed by atoms with Crippen molar-refractivity contribution in [1.29, 1.82) is 0 Å². The summed E-state index contributed by atoms with van der Waals surface area (Å²) in [5, 5.41) is 0. The van der Waals surface area contributed by atoms with Crippen LogP contribution >= 0.6 is 0 Å². The molecule has 1 amide bonds. The van der Waals surface area contributed by atoms with Crippen LogP contribution in [0, 0.1) is 5.92 Å². The number of hydrogen-bond acceptors (Lipinski definition) is 2.